The van der Waals surface area contributed by atoms with Crippen LogP contribution in [0.3, 0.4) is 0 Å². The summed E-state index contributed by atoms with van der Waals surface area (Å²) in [4.78, 5) is 28.8. The summed E-state index contributed by atoms with van der Waals surface area (Å²) in [5.74, 6) is -0.208. The van der Waals surface area contributed by atoms with Crippen LogP contribution in [0.2, 0.25) is 0 Å². The number of likely N-dealkylation sites (N-methyl/N-ethyl adjacent to an activating group) is 1. The van der Waals surface area contributed by atoms with Crippen LogP contribution in [0.1, 0.15) is 25.0 Å². The van der Waals surface area contributed by atoms with Crippen LogP contribution < -0.4 is 14.4 Å². The maximum atomic E-state index is 14.0. The molecular formula is C29H34BrN3O5S. The highest BCUT2D eigenvalue weighted by molar-refractivity contribution is 9.10. The maximum Gasteiger partial charge on any atom is 0.244 e. The van der Waals surface area contributed by atoms with Gasteiger partial charge in [-0.3, -0.25) is 13.9 Å². The molecule has 0 aliphatic carbocycles. The van der Waals surface area contributed by atoms with Gasteiger partial charge < -0.3 is 15.0 Å². The molecule has 0 fully saturated rings. The van der Waals surface area contributed by atoms with Gasteiger partial charge in [0, 0.05) is 24.0 Å². The van der Waals surface area contributed by atoms with Crippen LogP contribution in [-0.4, -0.2) is 57.1 Å². The summed E-state index contributed by atoms with van der Waals surface area (Å²) in [6.07, 6.45) is 1.33. The largest absolute Gasteiger partial charge is 0.494 e. The Balaban J connectivity index is 2.00. The molecule has 39 heavy (non-hydrogen) atoms. The van der Waals surface area contributed by atoms with Crippen molar-refractivity contribution < 1.29 is 22.7 Å². The van der Waals surface area contributed by atoms with E-state index < -0.39 is 28.5 Å². The lowest BCUT2D eigenvalue weighted by atomic mass is 10.0. The lowest BCUT2D eigenvalue weighted by Crippen LogP contribution is -2.53. The van der Waals surface area contributed by atoms with Crippen LogP contribution in [0, 0.1) is 0 Å². The number of benzene rings is 3. The lowest BCUT2D eigenvalue weighted by Gasteiger charge is -2.33. The fourth-order valence-electron chi connectivity index (χ4n) is 4.12. The van der Waals surface area contributed by atoms with Crippen molar-refractivity contribution in [3.63, 3.8) is 0 Å². The Bertz CT molecular complexity index is 1330. The molecule has 0 saturated carbocycles. The zero-order chi connectivity index (χ0) is 28.4. The van der Waals surface area contributed by atoms with Crippen molar-refractivity contribution >= 4 is 43.5 Å². The number of rotatable bonds is 13. The number of carbonyl (C=O) groups is 2. The van der Waals surface area contributed by atoms with Gasteiger partial charge in [-0.25, -0.2) is 8.42 Å². The first-order chi connectivity index (χ1) is 18.6. The number of carbonyl (C=O) groups excluding carboxylic acids is 2. The minimum atomic E-state index is -3.83. The van der Waals surface area contributed by atoms with E-state index in [1.54, 1.807) is 24.3 Å². The second-order valence-electron chi connectivity index (χ2n) is 8.94. The molecule has 0 spiro atoms. The molecule has 1 N–H and O–H groups in total. The molecule has 3 aromatic rings. The summed E-state index contributed by atoms with van der Waals surface area (Å²) < 4.78 is 33.1. The van der Waals surface area contributed by atoms with Gasteiger partial charge in [-0.2, -0.15) is 0 Å². The van der Waals surface area contributed by atoms with Crippen LogP contribution >= 0.6 is 15.9 Å². The van der Waals surface area contributed by atoms with Crippen molar-refractivity contribution in [1.82, 2.24) is 10.2 Å². The van der Waals surface area contributed by atoms with Gasteiger partial charge in [-0.05, 0) is 61.4 Å². The fraction of sp³-hybridized carbons (Fsp3) is 0.310. The van der Waals surface area contributed by atoms with Crippen LogP contribution in [0.4, 0.5) is 5.69 Å². The number of sulfonamides is 1. The summed E-state index contributed by atoms with van der Waals surface area (Å²) in [5, 5.41) is 2.84. The number of hydrogen-bond donors (Lipinski definition) is 1. The number of hydrogen-bond acceptors (Lipinski definition) is 5. The molecule has 3 aromatic carbocycles. The second-order valence-corrected chi connectivity index (χ2v) is 11.8. The highest BCUT2D eigenvalue weighted by Gasteiger charge is 2.32. The Kier molecular flexibility index (Phi) is 10.9. The van der Waals surface area contributed by atoms with Crippen LogP contribution in [0.25, 0.3) is 0 Å². The third-order valence-corrected chi connectivity index (χ3v) is 7.67. The molecule has 2 amide bonds. The smallest absolute Gasteiger partial charge is 0.244 e. The zero-order valence-electron chi connectivity index (χ0n) is 22.3. The summed E-state index contributed by atoms with van der Waals surface area (Å²) in [5.41, 5.74) is 2.02. The Morgan fingerprint density at radius 2 is 1.56 bits per heavy atom. The standard InChI is InChI=1S/C29H34BrN3O5S/c1-4-31-29(35)27(19-22-9-7-6-8-10-22)32(20-23-11-13-24(30)14-12-23)28(34)21-33(39(3,36)37)25-15-17-26(18-16-25)38-5-2/h6-18,27H,4-5,19-21H2,1-3H3,(H,31,35). The molecule has 0 aliphatic heterocycles. The van der Waals surface area contributed by atoms with Gasteiger partial charge in [0.25, 0.3) is 0 Å². The number of amides is 2. The van der Waals surface area contributed by atoms with Crippen molar-refractivity contribution in [2.45, 2.75) is 32.9 Å². The van der Waals surface area contributed by atoms with Gasteiger partial charge in [-0.1, -0.05) is 58.4 Å². The normalized spacial score (nSPS) is 11.9. The van der Waals surface area contributed by atoms with Gasteiger partial charge in [0.05, 0.1) is 18.6 Å². The van der Waals surface area contributed by atoms with Gasteiger partial charge in [0.1, 0.15) is 18.3 Å². The number of anilines is 1. The zero-order valence-corrected chi connectivity index (χ0v) is 24.7. The molecule has 208 valence electrons. The van der Waals surface area contributed by atoms with Gasteiger partial charge >= 0.3 is 0 Å². The van der Waals surface area contributed by atoms with Crippen LogP contribution in [0.15, 0.2) is 83.3 Å². The van der Waals surface area contributed by atoms with E-state index in [0.29, 0.717) is 24.6 Å². The molecule has 0 radical (unpaired) electrons. The van der Waals surface area contributed by atoms with E-state index in [1.165, 1.54) is 4.90 Å². The Hall–Kier alpha value is -3.37. The van der Waals surface area contributed by atoms with E-state index in [0.717, 1.165) is 26.2 Å². The number of nitrogens with zero attached hydrogens (tertiary/aromatic N) is 2. The van der Waals surface area contributed by atoms with E-state index in [2.05, 4.69) is 21.2 Å². The van der Waals surface area contributed by atoms with Crippen molar-refractivity contribution in [2.75, 3.05) is 30.3 Å². The van der Waals surface area contributed by atoms with Crippen LogP contribution in [-0.2, 0) is 32.6 Å². The molecule has 1 unspecified atom stereocenters. The number of ether oxygens (including phenoxy) is 1. The third kappa shape index (κ3) is 8.83. The minimum Gasteiger partial charge on any atom is -0.494 e. The minimum absolute atomic E-state index is 0.127. The molecule has 8 nitrogen and oxygen atoms in total. The van der Waals surface area contributed by atoms with Crippen molar-refractivity contribution in [3.8, 4) is 5.75 Å². The lowest BCUT2D eigenvalue weighted by molar-refractivity contribution is -0.140. The van der Waals surface area contributed by atoms with E-state index in [-0.39, 0.29) is 18.9 Å². The Labute approximate surface area is 239 Å². The van der Waals surface area contributed by atoms with Gasteiger partial charge in [0.15, 0.2) is 0 Å². The summed E-state index contributed by atoms with van der Waals surface area (Å²) in [6.45, 7) is 4.20. The third-order valence-electron chi connectivity index (χ3n) is 6.00. The topological polar surface area (TPSA) is 96.0 Å². The molecule has 0 aromatic heterocycles. The van der Waals surface area contributed by atoms with Crippen molar-refractivity contribution in [2.24, 2.45) is 0 Å². The summed E-state index contributed by atoms with van der Waals surface area (Å²) >= 11 is 3.43. The first-order valence-corrected chi connectivity index (χ1v) is 15.3. The van der Waals surface area contributed by atoms with E-state index >= 15 is 0 Å². The molecule has 0 saturated heterocycles. The van der Waals surface area contributed by atoms with Gasteiger partial charge in [-0.15, -0.1) is 0 Å². The second kappa shape index (κ2) is 14.1. The highest BCUT2D eigenvalue weighted by atomic mass is 79.9. The number of halogens is 1. The molecule has 3 rings (SSSR count). The van der Waals surface area contributed by atoms with Crippen LogP contribution in [0.5, 0.6) is 5.75 Å². The average Bonchev–Trinajstić information content (AvgIpc) is 2.91. The van der Waals surface area contributed by atoms with E-state index in [9.17, 15) is 18.0 Å². The molecule has 10 heteroatoms. The van der Waals surface area contributed by atoms with Gasteiger partial charge in [0.2, 0.25) is 21.8 Å². The molecular weight excluding hydrogens is 582 g/mol. The first kappa shape index (κ1) is 30.2. The Morgan fingerprint density at radius 3 is 2.13 bits per heavy atom. The SMILES string of the molecule is CCNC(=O)C(Cc1ccccc1)N(Cc1ccc(Br)cc1)C(=O)CN(c1ccc(OCC)cc1)S(C)(=O)=O. The maximum absolute atomic E-state index is 14.0. The van der Waals surface area contributed by atoms with E-state index in [4.69, 9.17) is 4.74 Å². The average molecular weight is 617 g/mol. The molecule has 0 aliphatic rings. The number of nitrogens with one attached hydrogen (secondary N) is 1. The monoisotopic (exact) mass is 615 g/mol. The highest BCUT2D eigenvalue weighted by Crippen LogP contribution is 2.23. The predicted molar refractivity (Wildman–Crippen MR) is 157 cm³/mol. The summed E-state index contributed by atoms with van der Waals surface area (Å²) in [6, 6.07) is 22.6. The fourth-order valence-corrected chi connectivity index (χ4v) is 5.24. The van der Waals surface area contributed by atoms with Crippen molar-refractivity contribution in [3.05, 3.63) is 94.5 Å². The molecule has 0 heterocycles. The summed E-state index contributed by atoms with van der Waals surface area (Å²) in [7, 11) is -3.83. The molecule has 1 atom stereocenters. The molecule has 0 bridgehead atoms. The van der Waals surface area contributed by atoms with Crippen molar-refractivity contribution in [1.29, 1.82) is 0 Å². The quantitative estimate of drug-likeness (QED) is 0.308. The van der Waals surface area contributed by atoms with E-state index in [1.807, 2.05) is 68.4 Å². The Morgan fingerprint density at radius 1 is 0.923 bits per heavy atom. The predicted octanol–water partition coefficient (Wildman–Crippen LogP) is 4.39. The first-order valence-electron chi connectivity index (χ1n) is 12.7.